The van der Waals surface area contributed by atoms with Crippen LogP contribution in [0.25, 0.3) is 0 Å². The molecule has 4 rings (SSSR count). The van der Waals surface area contributed by atoms with Crippen LogP contribution in [0.4, 0.5) is 29.2 Å². The number of halogens is 4. The first-order valence-electron chi connectivity index (χ1n) is 9.76. The number of piperazine rings is 1. The van der Waals surface area contributed by atoms with Gasteiger partial charge >= 0.3 is 0 Å². The van der Waals surface area contributed by atoms with Crippen molar-refractivity contribution in [1.29, 1.82) is 0 Å². The van der Waals surface area contributed by atoms with Crippen molar-refractivity contribution in [3.05, 3.63) is 47.8 Å². The van der Waals surface area contributed by atoms with Crippen LogP contribution in [-0.4, -0.2) is 60.1 Å². The van der Waals surface area contributed by atoms with Gasteiger partial charge in [-0.25, -0.2) is 27.5 Å². The standard InChI is InChI=1S/C20H23F4N5/c21-16-2-1-15(11-17(16)22)13-27-7-9-29(10-8-27)19-12-18(25-14-26-19)28-5-3-20(23,24)4-6-28/h1-2,11-12,14H,3-10,13H2. The van der Waals surface area contributed by atoms with Crippen LogP contribution in [0.1, 0.15) is 18.4 Å². The molecule has 1 aromatic heterocycles. The third kappa shape index (κ3) is 4.77. The van der Waals surface area contributed by atoms with Gasteiger partial charge in [0.25, 0.3) is 5.92 Å². The lowest BCUT2D eigenvalue weighted by Gasteiger charge is -2.36. The molecule has 9 heteroatoms. The van der Waals surface area contributed by atoms with E-state index in [0.717, 1.165) is 43.6 Å². The lowest BCUT2D eigenvalue weighted by Crippen LogP contribution is -2.46. The summed E-state index contributed by atoms with van der Waals surface area (Å²) in [5.74, 6) is -2.80. The van der Waals surface area contributed by atoms with E-state index in [0.29, 0.717) is 12.4 Å². The number of rotatable bonds is 4. The fourth-order valence-corrected chi connectivity index (χ4v) is 3.78. The molecule has 0 N–H and O–H groups in total. The Kier molecular flexibility index (Phi) is 5.58. The molecule has 1 aromatic carbocycles. The number of aromatic nitrogens is 2. The van der Waals surface area contributed by atoms with Gasteiger partial charge in [-0.2, -0.15) is 0 Å². The van der Waals surface area contributed by atoms with E-state index in [1.807, 2.05) is 11.0 Å². The highest BCUT2D eigenvalue weighted by Gasteiger charge is 2.34. The first-order chi connectivity index (χ1) is 13.9. The normalized spacial score (nSPS) is 20.1. The average Bonchev–Trinajstić information content (AvgIpc) is 2.71. The van der Waals surface area contributed by atoms with Crippen LogP contribution >= 0.6 is 0 Å². The molecule has 0 bridgehead atoms. The molecule has 2 saturated heterocycles. The average molecular weight is 409 g/mol. The van der Waals surface area contributed by atoms with Gasteiger partial charge in [-0.3, -0.25) is 4.90 Å². The Bertz CT molecular complexity index is 845. The highest BCUT2D eigenvalue weighted by atomic mass is 19.3. The third-order valence-electron chi connectivity index (χ3n) is 5.54. The summed E-state index contributed by atoms with van der Waals surface area (Å²) in [4.78, 5) is 14.8. The zero-order valence-electron chi connectivity index (χ0n) is 16.0. The van der Waals surface area contributed by atoms with E-state index in [1.165, 1.54) is 12.4 Å². The van der Waals surface area contributed by atoms with E-state index in [9.17, 15) is 17.6 Å². The van der Waals surface area contributed by atoms with Crippen molar-refractivity contribution < 1.29 is 17.6 Å². The van der Waals surface area contributed by atoms with E-state index >= 15 is 0 Å². The van der Waals surface area contributed by atoms with Crippen molar-refractivity contribution in [1.82, 2.24) is 14.9 Å². The molecule has 0 amide bonds. The number of hydrogen-bond acceptors (Lipinski definition) is 5. The molecule has 0 radical (unpaired) electrons. The van der Waals surface area contributed by atoms with Crippen molar-refractivity contribution in [3.8, 4) is 0 Å². The Morgan fingerprint density at radius 2 is 1.41 bits per heavy atom. The fraction of sp³-hybridized carbons (Fsp3) is 0.500. The molecule has 0 unspecified atom stereocenters. The minimum atomic E-state index is -2.59. The third-order valence-corrected chi connectivity index (χ3v) is 5.54. The van der Waals surface area contributed by atoms with E-state index in [4.69, 9.17) is 0 Å². The molecule has 5 nitrogen and oxygen atoms in total. The van der Waals surface area contributed by atoms with Crippen LogP contribution in [0.15, 0.2) is 30.6 Å². The molecule has 0 spiro atoms. The van der Waals surface area contributed by atoms with Gasteiger partial charge in [0.2, 0.25) is 0 Å². The molecule has 156 valence electrons. The van der Waals surface area contributed by atoms with Crippen LogP contribution in [0.2, 0.25) is 0 Å². The Balaban J connectivity index is 1.34. The topological polar surface area (TPSA) is 35.5 Å². The van der Waals surface area contributed by atoms with Crippen molar-refractivity contribution in [2.24, 2.45) is 0 Å². The molecule has 0 saturated carbocycles. The summed E-state index contributed by atoms with van der Waals surface area (Å²) in [7, 11) is 0. The lowest BCUT2D eigenvalue weighted by molar-refractivity contribution is -0.0221. The van der Waals surface area contributed by atoms with E-state index in [1.54, 1.807) is 6.07 Å². The number of benzene rings is 1. The molecule has 2 aliphatic heterocycles. The van der Waals surface area contributed by atoms with Crippen LogP contribution in [0, 0.1) is 11.6 Å². The van der Waals surface area contributed by atoms with Crippen LogP contribution < -0.4 is 9.80 Å². The number of anilines is 2. The van der Waals surface area contributed by atoms with Crippen molar-refractivity contribution in [3.63, 3.8) is 0 Å². The largest absolute Gasteiger partial charge is 0.356 e. The van der Waals surface area contributed by atoms with Gasteiger partial charge < -0.3 is 9.80 Å². The maximum absolute atomic E-state index is 13.4. The number of alkyl halides is 2. The Morgan fingerprint density at radius 1 is 0.793 bits per heavy atom. The van der Waals surface area contributed by atoms with Gasteiger partial charge in [-0.05, 0) is 17.7 Å². The van der Waals surface area contributed by atoms with Gasteiger partial charge in [-0.1, -0.05) is 6.07 Å². The molecule has 0 atom stereocenters. The second-order valence-electron chi connectivity index (χ2n) is 7.59. The number of piperidine rings is 1. The predicted octanol–water partition coefficient (Wildman–Crippen LogP) is 3.31. The first kappa shape index (κ1) is 19.9. The lowest BCUT2D eigenvalue weighted by atomic mass is 10.1. The minimum absolute atomic E-state index is 0.158. The molecule has 0 aliphatic carbocycles. The summed E-state index contributed by atoms with van der Waals surface area (Å²) in [5, 5.41) is 0. The van der Waals surface area contributed by atoms with Gasteiger partial charge in [0.05, 0.1) is 0 Å². The van der Waals surface area contributed by atoms with Crippen LogP contribution in [0.5, 0.6) is 0 Å². The van der Waals surface area contributed by atoms with Crippen molar-refractivity contribution in [2.75, 3.05) is 49.1 Å². The quantitative estimate of drug-likeness (QED) is 0.724. The SMILES string of the molecule is Fc1ccc(CN2CCN(c3cc(N4CCC(F)(F)CC4)ncn3)CC2)cc1F. The molecular formula is C20H23F4N5. The smallest absolute Gasteiger partial charge is 0.251 e. The van der Waals surface area contributed by atoms with Gasteiger partial charge in [-0.15, -0.1) is 0 Å². The van der Waals surface area contributed by atoms with Crippen molar-refractivity contribution in [2.45, 2.75) is 25.3 Å². The second kappa shape index (κ2) is 8.14. The first-order valence-corrected chi connectivity index (χ1v) is 9.76. The summed E-state index contributed by atoms with van der Waals surface area (Å²) >= 11 is 0. The minimum Gasteiger partial charge on any atom is -0.356 e. The molecule has 29 heavy (non-hydrogen) atoms. The zero-order valence-corrected chi connectivity index (χ0v) is 16.0. The molecule has 2 aromatic rings. The monoisotopic (exact) mass is 409 g/mol. The Morgan fingerprint density at radius 3 is 2.03 bits per heavy atom. The molecule has 2 fully saturated rings. The summed E-state index contributed by atoms with van der Waals surface area (Å²) in [6.45, 7) is 4.11. The highest BCUT2D eigenvalue weighted by molar-refractivity contribution is 5.50. The Hall–Kier alpha value is -2.42. The van der Waals surface area contributed by atoms with Crippen molar-refractivity contribution >= 4 is 11.6 Å². The van der Waals surface area contributed by atoms with E-state index in [-0.39, 0.29) is 25.9 Å². The highest BCUT2D eigenvalue weighted by Crippen LogP contribution is 2.30. The van der Waals surface area contributed by atoms with E-state index < -0.39 is 17.6 Å². The number of hydrogen-bond donors (Lipinski definition) is 0. The maximum atomic E-state index is 13.4. The molecule has 2 aliphatic rings. The second-order valence-corrected chi connectivity index (χ2v) is 7.59. The van der Waals surface area contributed by atoms with Gasteiger partial charge in [0.15, 0.2) is 11.6 Å². The van der Waals surface area contributed by atoms with Crippen LogP contribution in [0.3, 0.4) is 0 Å². The number of nitrogens with zero attached hydrogens (tertiary/aromatic N) is 5. The van der Waals surface area contributed by atoms with Crippen LogP contribution in [-0.2, 0) is 6.54 Å². The summed E-state index contributed by atoms with van der Waals surface area (Å²) in [6, 6.07) is 5.85. The zero-order chi connectivity index (χ0) is 20.4. The fourth-order valence-electron chi connectivity index (χ4n) is 3.78. The van der Waals surface area contributed by atoms with Gasteiger partial charge in [0, 0.05) is 64.7 Å². The molecule has 3 heterocycles. The van der Waals surface area contributed by atoms with E-state index in [2.05, 4.69) is 19.8 Å². The summed E-state index contributed by atoms with van der Waals surface area (Å²) in [5.41, 5.74) is 0.739. The Labute approximate surface area is 167 Å². The summed E-state index contributed by atoms with van der Waals surface area (Å²) < 4.78 is 53.2. The predicted molar refractivity (Wildman–Crippen MR) is 102 cm³/mol. The summed E-state index contributed by atoms with van der Waals surface area (Å²) in [6.07, 6.45) is 1.16. The molecular weight excluding hydrogens is 386 g/mol. The van der Waals surface area contributed by atoms with Gasteiger partial charge in [0.1, 0.15) is 18.0 Å². The maximum Gasteiger partial charge on any atom is 0.251 e.